The number of rotatable bonds is 1. The van der Waals surface area contributed by atoms with Gasteiger partial charge >= 0.3 is 0 Å². The zero-order chi connectivity index (χ0) is 16.3. The van der Waals surface area contributed by atoms with Crippen LogP contribution >= 0.6 is 12.6 Å². The van der Waals surface area contributed by atoms with E-state index in [1.807, 2.05) is 18.3 Å². The zero-order valence-electron chi connectivity index (χ0n) is 13.3. The Balaban J connectivity index is 1.80. The molecule has 2 unspecified atom stereocenters. The summed E-state index contributed by atoms with van der Waals surface area (Å²) in [7, 11) is 0. The third kappa shape index (κ3) is 1.66. The van der Waals surface area contributed by atoms with E-state index in [2.05, 4.69) is 71.3 Å². The Morgan fingerprint density at radius 1 is 0.875 bits per heavy atom. The lowest BCUT2D eigenvalue weighted by atomic mass is 9.99. The Labute approximate surface area is 147 Å². The average molecular weight is 331 g/mol. The predicted molar refractivity (Wildman–Crippen MR) is 102 cm³/mol. The molecule has 3 heterocycles. The third-order valence-electron chi connectivity index (χ3n) is 4.99. The lowest BCUT2D eigenvalue weighted by molar-refractivity contribution is 0.576. The topological polar surface area (TPSA) is 19.4 Å². The second kappa shape index (κ2) is 4.77. The maximum Gasteiger partial charge on any atom is 0.158 e. The normalized spacial score (nSPS) is 23.8. The lowest BCUT2D eigenvalue weighted by Crippen LogP contribution is -2.45. The molecule has 0 bridgehead atoms. The number of thiol groups is 1. The van der Waals surface area contributed by atoms with E-state index in [0.717, 1.165) is 17.2 Å². The Hall–Kier alpha value is -2.46. The maximum absolute atomic E-state index is 5.11. The van der Waals surface area contributed by atoms with Gasteiger partial charge in [0.15, 0.2) is 5.82 Å². The van der Waals surface area contributed by atoms with Gasteiger partial charge in [-0.15, -0.1) is 0 Å². The molecule has 1 aromatic heterocycles. The average Bonchev–Trinajstić information content (AvgIpc) is 3.08. The molecule has 0 aliphatic carbocycles. The van der Waals surface area contributed by atoms with Crippen LogP contribution in [0, 0.1) is 0 Å². The first-order valence-electron chi connectivity index (χ1n) is 8.10. The fourth-order valence-electron chi connectivity index (χ4n) is 3.99. The Morgan fingerprint density at radius 2 is 1.58 bits per heavy atom. The van der Waals surface area contributed by atoms with Gasteiger partial charge in [-0.3, -0.25) is 0 Å². The molecule has 24 heavy (non-hydrogen) atoms. The first-order chi connectivity index (χ1) is 11.7. The Bertz CT molecular complexity index is 908. The van der Waals surface area contributed by atoms with Crippen LogP contribution in [-0.4, -0.2) is 11.1 Å². The van der Waals surface area contributed by atoms with Crippen molar-refractivity contribution < 1.29 is 0 Å². The molecule has 2 aliphatic heterocycles. The number of aromatic nitrogens is 1. The Kier molecular flexibility index (Phi) is 2.77. The van der Waals surface area contributed by atoms with Crippen molar-refractivity contribution in [2.75, 3.05) is 9.80 Å². The summed E-state index contributed by atoms with van der Waals surface area (Å²) in [6, 6.07) is 23.1. The van der Waals surface area contributed by atoms with Crippen LogP contribution < -0.4 is 9.80 Å². The highest BCUT2D eigenvalue weighted by Crippen LogP contribution is 2.59. The van der Waals surface area contributed by atoms with E-state index in [0.29, 0.717) is 0 Å². The maximum atomic E-state index is 5.11. The summed E-state index contributed by atoms with van der Waals surface area (Å²) >= 11 is 5.11. The summed E-state index contributed by atoms with van der Waals surface area (Å²) in [4.78, 5) is 9.37. The first-order valence-corrected chi connectivity index (χ1v) is 8.55. The monoisotopic (exact) mass is 331 g/mol. The highest BCUT2D eigenvalue weighted by molar-refractivity contribution is 7.81. The SMILES string of the molecule is CC1(S)c2ccccc2N2c3ncccc3N(c3ccccc3)C21. The van der Waals surface area contributed by atoms with Crippen LogP contribution in [0.25, 0.3) is 0 Å². The van der Waals surface area contributed by atoms with Crippen LogP contribution in [0.3, 0.4) is 0 Å². The molecular weight excluding hydrogens is 314 g/mol. The van der Waals surface area contributed by atoms with E-state index < -0.39 is 0 Å². The van der Waals surface area contributed by atoms with Crippen LogP contribution in [0.1, 0.15) is 12.5 Å². The second-order valence-corrected chi connectivity index (χ2v) is 7.39. The van der Waals surface area contributed by atoms with E-state index in [-0.39, 0.29) is 10.9 Å². The number of hydrogen-bond acceptors (Lipinski definition) is 4. The Morgan fingerprint density at radius 3 is 2.42 bits per heavy atom. The van der Waals surface area contributed by atoms with Gasteiger partial charge in [0, 0.05) is 17.6 Å². The van der Waals surface area contributed by atoms with Crippen LogP contribution in [0.2, 0.25) is 0 Å². The van der Waals surface area contributed by atoms with Crippen LogP contribution in [-0.2, 0) is 4.75 Å². The van der Waals surface area contributed by atoms with Crippen molar-refractivity contribution in [1.29, 1.82) is 0 Å². The molecule has 118 valence electrons. The molecular formula is C20H17N3S. The van der Waals surface area contributed by atoms with Crippen molar-refractivity contribution in [2.24, 2.45) is 0 Å². The number of para-hydroxylation sites is 2. The molecule has 0 N–H and O–H groups in total. The summed E-state index contributed by atoms with van der Waals surface area (Å²) < 4.78 is -0.312. The summed E-state index contributed by atoms with van der Waals surface area (Å²) in [5.41, 5.74) is 4.73. The van der Waals surface area contributed by atoms with E-state index in [1.165, 1.54) is 11.3 Å². The number of fused-ring (bicyclic) bond motifs is 5. The minimum absolute atomic E-state index is 0.0607. The molecule has 5 rings (SSSR count). The van der Waals surface area contributed by atoms with Crippen LogP contribution in [0.5, 0.6) is 0 Å². The van der Waals surface area contributed by atoms with Gasteiger partial charge < -0.3 is 9.80 Å². The molecule has 2 aliphatic rings. The standard InChI is InChI=1S/C20H17N3S/c1-20(24)15-10-5-6-11-16(15)23-18-17(12-7-13-21-18)22(19(20)23)14-8-3-2-4-9-14/h2-13,19,24H,1H3. The van der Waals surface area contributed by atoms with Crippen molar-refractivity contribution in [2.45, 2.75) is 17.8 Å². The van der Waals surface area contributed by atoms with Crippen molar-refractivity contribution in [3.63, 3.8) is 0 Å². The number of nitrogens with zero attached hydrogens (tertiary/aromatic N) is 3. The van der Waals surface area contributed by atoms with E-state index in [1.54, 1.807) is 0 Å². The summed E-state index contributed by atoms with van der Waals surface area (Å²) in [5, 5.41) is 0. The molecule has 0 saturated carbocycles. The van der Waals surface area contributed by atoms with E-state index in [4.69, 9.17) is 17.6 Å². The number of anilines is 4. The first kappa shape index (κ1) is 13.9. The minimum atomic E-state index is -0.312. The van der Waals surface area contributed by atoms with Crippen molar-refractivity contribution in [3.05, 3.63) is 78.5 Å². The van der Waals surface area contributed by atoms with E-state index in [9.17, 15) is 0 Å². The molecule has 0 spiro atoms. The smallest absolute Gasteiger partial charge is 0.158 e. The van der Waals surface area contributed by atoms with Gasteiger partial charge in [-0.25, -0.2) is 4.98 Å². The number of benzene rings is 2. The van der Waals surface area contributed by atoms with Gasteiger partial charge in [-0.2, -0.15) is 12.6 Å². The molecule has 4 heteroatoms. The highest BCUT2D eigenvalue weighted by Gasteiger charge is 2.54. The molecule has 2 atom stereocenters. The summed E-state index contributed by atoms with van der Waals surface area (Å²) in [5.74, 6) is 0.997. The summed E-state index contributed by atoms with van der Waals surface area (Å²) in [6.07, 6.45) is 1.92. The van der Waals surface area contributed by atoms with Crippen molar-refractivity contribution in [1.82, 2.24) is 4.98 Å². The van der Waals surface area contributed by atoms with Gasteiger partial charge in [0.1, 0.15) is 6.17 Å². The minimum Gasteiger partial charge on any atom is -0.315 e. The predicted octanol–water partition coefficient (Wildman–Crippen LogP) is 4.86. The van der Waals surface area contributed by atoms with Crippen molar-refractivity contribution >= 4 is 35.5 Å². The fraction of sp³-hybridized carbons (Fsp3) is 0.150. The summed E-state index contributed by atoms with van der Waals surface area (Å²) in [6.45, 7) is 2.20. The van der Waals surface area contributed by atoms with Crippen LogP contribution in [0.4, 0.5) is 22.9 Å². The zero-order valence-corrected chi connectivity index (χ0v) is 14.2. The fourth-order valence-corrected chi connectivity index (χ4v) is 4.41. The highest BCUT2D eigenvalue weighted by atomic mass is 32.1. The molecule has 3 nitrogen and oxygen atoms in total. The lowest BCUT2D eigenvalue weighted by Gasteiger charge is -2.35. The van der Waals surface area contributed by atoms with E-state index >= 15 is 0 Å². The van der Waals surface area contributed by atoms with Crippen molar-refractivity contribution in [3.8, 4) is 0 Å². The molecule has 0 amide bonds. The van der Waals surface area contributed by atoms with Gasteiger partial charge in [0.25, 0.3) is 0 Å². The van der Waals surface area contributed by atoms with Gasteiger partial charge in [0.2, 0.25) is 0 Å². The molecule has 0 saturated heterocycles. The van der Waals surface area contributed by atoms with Gasteiger partial charge in [-0.05, 0) is 42.8 Å². The number of pyridine rings is 1. The number of hydrogen-bond donors (Lipinski definition) is 1. The third-order valence-corrected chi connectivity index (χ3v) is 5.46. The quantitative estimate of drug-likeness (QED) is 0.643. The molecule has 2 aromatic carbocycles. The second-order valence-electron chi connectivity index (χ2n) is 6.46. The molecule has 0 radical (unpaired) electrons. The molecule has 3 aromatic rings. The largest absolute Gasteiger partial charge is 0.315 e. The molecule has 0 fully saturated rings. The van der Waals surface area contributed by atoms with Gasteiger partial charge in [0.05, 0.1) is 10.4 Å². The van der Waals surface area contributed by atoms with Crippen LogP contribution in [0.15, 0.2) is 72.9 Å². The van der Waals surface area contributed by atoms with Gasteiger partial charge in [-0.1, -0.05) is 36.4 Å².